The number of H-pyrrole nitrogens is 1. The lowest BCUT2D eigenvalue weighted by molar-refractivity contribution is -0.166. The van der Waals surface area contributed by atoms with Crippen LogP contribution in [0.4, 0.5) is 5.69 Å². The number of aliphatic hydroxyl groups is 2. The van der Waals surface area contributed by atoms with Gasteiger partial charge in [-0.05, 0) is 38.1 Å². The van der Waals surface area contributed by atoms with Gasteiger partial charge in [0.15, 0.2) is 11.2 Å². The first-order valence-electron chi connectivity index (χ1n) is 8.70. The highest BCUT2D eigenvalue weighted by atomic mass is 16.4. The molecule has 150 valence electrons. The molecule has 0 unspecified atom stereocenters. The molecule has 1 heterocycles. The van der Waals surface area contributed by atoms with E-state index < -0.39 is 28.6 Å². The number of nitrogens with two attached hydrogens (primary N) is 1. The molecule has 0 aliphatic carbocycles. The van der Waals surface area contributed by atoms with Crippen molar-refractivity contribution in [2.45, 2.75) is 25.0 Å². The van der Waals surface area contributed by atoms with E-state index in [2.05, 4.69) is 15.3 Å². The van der Waals surface area contributed by atoms with Gasteiger partial charge in [0.25, 0.3) is 17.4 Å². The number of nitrogens with zero attached hydrogens (tertiary/aromatic N) is 1. The predicted molar refractivity (Wildman–Crippen MR) is 106 cm³/mol. The number of hydrogen-bond donors (Lipinski definition) is 5. The summed E-state index contributed by atoms with van der Waals surface area (Å²) in [6.45, 7) is 2.23. The lowest BCUT2D eigenvalue weighted by Crippen LogP contribution is -2.56. The quantitative estimate of drug-likeness (QED) is 0.425. The van der Waals surface area contributed by atoms with Gasteiger partial charge in [-0.3, -0.25) is 14.4 Å². The average Bonchev–Trinajstić information content (AvgIpc) is 2.68. The second kappa shape index (κ2) is 7.12. The van der Waals surface area contributed by atoms with Crippen molar-refractivity contribution in [2.75, 3.05) is 5.32 Å². The van der Waals surface area contributed by atoms with Crippen LogP contribution in [0, 0.1) is 0 Å². The van der Waals surface area contributed by atoms with Gasteiger partial charge in [0.05, 0.1) is 22.2 Å². The van der Waals surface area contributed by atoms with Gasteiger partial charge < -0.3 is 26.2 Å². The summed E-state index contributed by atoms with van der Waals surface area (Å²) in [6.07, 6.45) is 0. The van der Waals surface area contributed by atoms with Gasteiger partial charge in [-0.1, -0.05) is 24.3 Å². The SMILES string of the molecule is C[C@](O)(C(=O)Nc1ccccc1C(N)=O)[C@@](C)(O)c1nc2ccccc2c(=O)[nH]1. The molecule has 0 saturated carbocycles. The summed E-state index contributed by atoms with van der Waals surface area (Å²) in [6, 6.07) is 12.4. The van der Waals surface area contributed by atoms with Crippen molar-refractivity contribution < 1.29 is 19.8 Å². The second-order valence-corrected chi connectivity index (χ2v) is 6.94. The summed E-state index contributed by atoms with van der Waals surface area (Å²) in [7, 11) is 0. The van der Waals surface area contributed by atoms with Crippen molar-refractivity contribution in [3.63, 3.8) is 0 Å². The number of rotatable bonds is 5. The van der Waals surface area contributed by atoms with Crippen LogP contribution in [0.3, 0.4) is 0 Å². The Morgan fingerprint density at radius 1 is 1.07 bits per heavy atom. The molecule has 3 aromatic rings. The van der Waals surface area contributed by atoms with E-state index in [0.29, 0.717) is 10.9 Å². The van der Waals surface area contributed by atoms with Gasteiger partial charge in [0.1, 0.15) is 5.82 Å². The number of fused-ring (bicyclic) bond motifs is 1. The molecule has 0 radical (unpaired) electrons. The molecule has 0 spiro atoms. The summed E-state index contributed by atoms with van der Waals surface area (Å²) < 4.78 is 0. The minimum atomic E-state index is -2.43. The topological polar surface area (TPSA) is 158 Å². The second-order valence-electron chi connectivity index (χ2n) is 6.94. The number of primary amides is 1. The zero-order valence-electron chi connectivity index (χ0n) is 15.8. The molecule has 2 atom stereocenters. The standard InChI is InChI=1S/C20H20N4O5/c1-19(28,17-22-14-10-6-4-8-12(14)16(26)24-17)20(2,29)18(27)23-13-9-5-3-7-11(13)15(21)25/h3-10,28-29H,1-2H3,(H2,21,25)(H,23,27)(H,22,24,26)/t19-,20-/m0/s1. The predicted octanol–water partition coefficient (Wildman–Crippen LogP) is 0.619. The number of aromatic nitrogens is 2. The number of benzene rings is 2. The molecular formula is C20H20N4O5. The van der Waals surface area contributed by atoms with Crippen LogP contribution in [-0.4, -0.2) is 37.6 Å². The van der Waals surface area contributed by atoms with Gasteiger partial charge in [-0.25, -0.2) is 4.98 Å². The number of anilines is 1. The van der Waals surface area contributed by atoms with E-state index in [1.54, 1.807) is 36.4 Å². The summed E-state index contributed by atoms with van der Waals surface area (Å²) >= 11 is 0. The summed E-state index contributed by atoms with van der Waals surface area (Å²) in [5.41, 5.74) is 0.456. The van der Waals surface area contributed by atoms with Crippen molar-refractivity contribution in [3.8, 4) is 0 Å². The highest BCUT2D eigenvalue weighted by Crippen LogP contribution is 2.32. The van der Waals surface area contributed by atoms with E-state index in [-0.39, 0.29) is 17.1 Å². The Morgan fingerprint density at radius 3 is 2.38 bits per heavy atom. The molecule has 3 rings (SSSR count). The number of nitrogens with one attached hydrogen (secondary N) is 2. The van der Waals surface area contributed by atoms with Gasteiger partial charge in [-0.2, -0.15) is 0 Å². The Balaban J connectivity index is 2.00. The molecule has 1 aromatic heterocycles. The number of carbonyl (C=O) groups excluding carboxylic acids is 2. The zero-order valence-corrected chi connectivity index (χ0v) is 15.8. The Hall–Kier alpha value is -3.56. The van der Waals surface area contributed by atoms with Gasteiger partial charge in [0, 0.05) is 0 Å². The lowest BCUT2D eigenvalue weighted by Gasteiger charge is -2.36. The monoisotopic (exact) mass is 396 g/mol. The summed E-state index contributed by atoms with van der Waals surface area (Å²) in [5.74, 6) is -2.08. The van der Waals surface area contributed by atoms with E-state index in [4.69, 9.17) is 5.73 Å². The third kappa shape index (κ3) is 3.48. The van der Waals surface area contributed by atoms with Gasteiger partial charge >= 0.3 is 0 Å². The van der Waals surface area contributed by atoms with Crippen LogP contribution in [0.5, 0.6) is 0 Å². The molecule has 2 aromatic carbocycles. The molecular weight excluding hydrogens is 376 g/mol. The van der Waals surface area contributed by atoms with Crippen molar-refractivity contribution >= 4 is 28.4 Å². The zero-order chi connectivity index (χ0) is 21.4. The van der Waals surface area contributed by atoms with Crippen LogP contribution in [0.2, 0.25) is 0 Å². The highest BCUT2D eigenvalue weighted by molar-refractivity contribution is 6.05. The fourth-order valence-electron chi connectivity index (χ4n) is 2.82. The molecule has 6 N–H and O–H groups in total. The Bertz CT molecular complexity index is 1170. The first-order chi connectivity index (χ1) is 13.6. The Kier molecular flexibility index (Phi) is 4.95. The van der Waals surface area contributed by atoms with Crippen LogP contribution in [0.15, 0.2) is 53.3 Å². The average molecular weight is 396 g/mol. The van der Waals surface area contributed by atoms with Crippen LogP contribution in [-0.2, 0) is 10.4 Å². The lowest BCUT2D eigenvalue weighted by atomic mass is 9.84. The molecule has 29 heavy (non-hydrogen) atoms. The number of para-hydroxylation sites is 2. The number of amides is 2. The maximum atomic E-state index is 12.8. The van der Waals surface area contributed by atoms with E-state index in [0.717, 1.165) is 13.8 Å². The Labute approximate surface area is 165 Å². The Morgan fingerprint density at radius 2 is 1.69 bits per heavy atom. The summed E-state index contributed by atoms with van der Waals surface area (Å²) in [4.78, 5) is 43.2. The number of aromatic amines is 1. The van der Waals surface area contributed by atoms with E-state index in [1.165, 1.54) is 12.1 Å². The smallest absolute Gasteiger partial charge is 0.259 e. The fourth-order valence-corrected chi connectivity index (χ4v) is 2.82. The molecule has 0 bridgehead atoms. The van der Waals surface area contributed by atoms with Crippen molar-refractivity contribution in [3.05, 3.63) is 70.3 Å². The van der Waals surface area contributed by atoms with Gasteiger partial charge in [-0.15, -0.1) is 0 Å². The van der Waals surface area contributed by atoms with Gasteiger partial charge in [0.2, 0.25) is 0 Å². The molecule has 0 aliphatic rings. The van der Waals surface area contributed by atoms with Crippen LogP contribution in [0.25, 0.3) is 10.9 Å². The summed E-state index contributed by atoms with van der Waals surface area (Å²) in [5, 5.41) is 24.6. The fraction of sp³-hybridized carbons (Fsp3) is 0.200. The van der Waals surface area contributed by atoms with E-state index in [9.17, 15) is 24.6 Å². The molecule has 2 amide bonds. The molecule has 0 fully saturated rings. The first-order valence-corrected chi connectivity index (χ1v) is 8.70. The maximum Gasteiger partial charge on any atom is 0.259 e. The third-order valence-corrected chi connectivity index (χ3v) is 4.90. The minimum Gasteiger partial charge on any atom is -0.379 e. The van der Waals surface area contributed by atoms with Crippen molar-refractivity contribution in [1.82, 2.24) is 9.97 Å². The molecule has 0 saturated heterocycles. The van der Waals surface area contributed by atoms with E-state index >= 15 is 0 Å². The third-order valence-electron chi connectivity index (χ3n) is 4.90. The van der Waals surface area contributed by atoms with Crippen LogP contribution >= 0.6 is 0 Å². The largest absolute Gasteiger partial charge is 0.379 e. The van der Waals surface area contributed by atoms with E-state index in [1.807, 2.05) is 0 Å². The molecule has 9 nitrogen and oxygen atoms in total. The minimum absolute atomic E-state index is 0.0357. The first kappa shape index (κ1) is 20.2. The normalized spacial score (nSPS) is 15.3. The molecule has 0 aliphatic heterocycles. The number of carbonyl (C=O) groups is 2. The van der Waals surface area contributed by atoms with Crippen molar-refractivity contribution in [2.24, 2.45) is 5.73 Å². The van der Waals surface area contributed by atoms with Crippen LogP contribution in [0.1, 0.15) is 30.0 Å². The molecule has 9 heteroatoms. The van der Waals surface area contributed by atoms with Crippen LogP contribution < -0.4 is 16.6 Å². The number of hydrogen-bond acceptors (Lipinski definition) is 6. The highest BCUT2D eigenvalue weighted by Gasteiger charge is 2.51. The maximum absolute atomic E-state index is 12.8. The van der Waals surface area contributed by atoms with Crippen molar-refractivity contribution in [1.29, 1.82) is 0 Å².